The maximum Gasteiger partial charge on any atom is 0.411 e. The first-order valence-electron chi connectivity index (χ1n) is 5.68. The van der Waals surface area contributed by atoms with Crippen LogP contribution in [0.2, 0.25) is 0 Å². The maximum atomic E-state index is 11.7. The lowest BCUT2D eigenvalue weighted by Gasteiger charge is -2.24. The normalized spacial score (nSPS) is 12.6. The molecule has 0 bridgehead atoms. The van der Waals surface area contributed by atoms with Crippen LogP contribution in [0.4, 0.5) is 13.2 Å². The highest BCUT2D eigenvalue weighted by Gasteiger charge is 2.28. The Morgan fingerprint density at radius 3 is 2.44 bits per heavy atom. The fourth-order valence-electron chi connectivity index (χ4n) is 1.29. The molecule has 1 amide bonds. The summed E-state index contributed by atoms with van der Waals surface area (Å²) >= 11 is 0. The first kappa shape index (κ1) is 17.2. The average Bonchev–Trinajstić information content (AvgIpc) is 2.22. The summed E-state index contributed by atoms with van der Waals surface area (Å²) in [5, 5.41) is 11.2. The number of hydrogen-bond acceptors (Lipinski definition) is 3. The van der Waals surface area contributed by atoms with E-state index >= 15 is 0 Å². The zero-order valence-electron chi connectivity index (χ0n) is 10.6. The fraction of sp³-hybridized carbons (Fsp3) is 0.909. The first-order valence-corrected chi connectivity index (χ1v) is 5.68. The van der Waals surface area contributed by atoms with Gasteiger partial charge in [-0.1, -0.05) is 13.8 Å². The summed E-state index contributed by atoms with van der Waals surface area (Å²) in [7, 11) is 0. The lowest BCUT2D eigenvalue weighted by atomic mass is 9.88. The zero-order chi connectivity index (χ0) is 14.2. The summed E-state index contributed by atoms with van der Waals surface area (Å²) in [6.45, 7) is 2.19. The Hall–Kier alpha value is -0.820. The van der Waals surface area contributed by atoms with Crippen LogP contribution in [0.25, 0.3) is 0 Å². The van der Waals surface area contributed by atoms with Crippen LogP contribution in [0.3, 0.4) is 0 Å². The summed E-state index contributed by atoms with van der Waals surface area (Å²) in [6.07, 6.45) is -3.08. The average molecular weight is 271 g/mol. The first-order chi connectivity index (χ1) is 8.16. The van der Waals surface area contributed by atoms with E-state index in [1.54, 1.807) is 0 Å². The van der Waals surface area contributed by atoms with E-state index in [4.69, 9.17) is 5.11 Å². The van der Waals surface area contributed by atoms with Crippen molar-refractivity contribution in [3.05, 3.63) is 0 Å². The van der Waals surface area contributed by atoms with Gasteiger partial charge in [-0.05, 0) is 18.3 Å². The Balaban J connectivity index is 3.76. The third kappa shape index (κ3) is 10.3. The van der Waals surface area contributed by atoms with Crippen molar-refractivity contribution in [1.29, 1.82) is 0 Å². The Bertz CT molecular complexity index is 254. The number of rotatable bonds is 8. The van der Waals surface area contributed by atoms with E-state index in [2.05, 4.69) is 10.1 Å². The standard InChI is InChI=1S/C11H20F3NO3/c1-10(2,4-3-5-16)7-15-9(17)6-18-8-11(12,13)14/h16H,3-8H2,1-2H3,(H,15,17). The van der Waals surface area contributed by atoms with Gasteiger partial charge in [0.15, 0.2) is 0 Å². The summed E-state index contributed by atoms with van der Waals surface area (Å²) in [6, 6.07) is 0. The van der Waals surface area contributed by atoms with Gasteiger partial charge in [-0.15, -0.1) is 0 Å². The largest absolute Gasteiger partial charge is 0.411 e. The van der Waals surface area contributed by atoms with Crippen LogP contribution < -0.4 is 5.32 Å². The van der Waals surface area contributed by atoms with Crippen molar-refractivity contribution in [3.63, 3.8) is 0 Å². The lowest BCUT2D eigenvalue weighted by Crippen LogP contribution is -2.36. The third-order valence-electron chi connectivity index (χ3n) is 2.27. The predicted octanol–water partition coefficient (Wildman–Crippen LogP) is 1.48. The number of nitrogens with one attached hydrogen (secondary N) is 1. The Kier molecular flexibility index (Phi) is 7.23. The second kappa shape index (κ2) is 7.58. The highest BCUT2D eigenvalue weighted by atomic mass is 19.4. The third-order valence-corrected chi connectivity index (χ3v) is 2.27. The summed E-state index contributed by atoms with van der Waals surface area (Å²) in [5.74, 6) is -0.573. The van der Waals surface area contributed by atoms with Crippen LogP contribution in [-0.2, 0) is 9.53 Å². The van der Waals surface area contributed by atoms with Gasteiger partial charge in [-0.25, -0.2) is 0 Å². The molecule has 0 aromatic heterocycles. The number of halogens is 3. The van der Waals surface area contributed by atoms with Crippen molar-refractivity contribution < 1.29 is 27.8 Å². The van der Waals surface area contributed by atoms with Crippen molar-refractivity contribution >= 4 is 5.91 Å². The molecule has 18 heavy (non-hydrogen) atoms. The van der Waals surface area contributed by atoms with E-state index in [1.165, 1.54) is 0 Å². The molecule has 0 spiro atoms. The van der Waals surface area contributed by atoms with Gasteiger partial charge in [0, 0.05) is 13.2 Å². The van der Waals surface area contributed by atoms with E-state index < -0.39 is 25.3 Å². The van der Waals surface area contributed by atoms with E-state index in [1.807, 2.05) is 13.8 Å². The van der Waals surface area contributed by atoms with Crippen molar-refractivity contribution in [2.45, 2.75) is 32.9 Å². The number of amides is 1. The Morgan fingerprint density at radius 2 is 1.94 bits per heavy atom. The minimum Gasteiger partial charge on any atom is -0.396 e. The van der Waals surface area contributed by atoms with E-state index in [0.29, 0.717) is 19.4 Å². The number of aliphatic hydroxyl groups excluding tert-OH is 1. The minimum atomic E-state index is -4.42. The topological polar surface area (TPSA) is 58.6 Å². The van der Waals surface area contributed by atoms with Gasteiger partial charge in [0.25, 0.3) is 0 Å². The summed E-state index contributed by atoms with van der Waals surface area (Å²) in [5.41, 5.74) is -0.206. The van der Waals surface area contributed by atoms with Crippen molar-refractivity contribution in [2.24, 2.45) is 5.41 Å². The Morgan fingerprint density at radius 1 is 1.33 bits per heavy atom. The summed E-state index contributed by atoms with van der Waals surface area (Å²) in [4.78, 5) is 11.2. The second-order valence-electron chi connectivity index (χ2n) is 4.88. The minimum absolute atomic E-state index is 0.0755. The number of carbonyl (C=O) groups excluding carboxylic acids is 1. The highest BCUT2D eigenvalue weighted by Crippen LogP contribution is 2.20. The van der Waals surface area contributed by atoms with E-state index in [0.717, 1.165) is 0 Å². The monoisotopic (exact) mass is 271 g/mol. The second-order valence-corrected chi connectivity index (χ2v) is 4.88. The van der Waals surface area contributed by atoms with Gasteiger partial charge >= 0.3 is 6.18 Å². The zero-order valence-corrected chi connectivity index (χ0v) is 10.6. The predicted molar refractivity (Wildman–Crippen MR) is 60.0 cm³/mol. The number of alkyl halides is 3. The van der Waals surface area contributed by atoms with Crippen molar-refractivity contribution in [2.75, 3.05) is 26.4 Å². The molecule has 0 aliphatic rings. The van der Waals surface area contributed by atoms with Crippen LogP contribution in [0.5, 0.6) is 0 Å². The molecule has 108 valence electrons. The molecule has 0 aliphatic carbocycles. The molecule has 0 unspecified atom stereocenters. The molecule has 0 aromatic carbocycles. The smallest absolute Gasteiger partial charge is 0.396 e. The number of aliphatic hydroxyl groups is 1. The van der Waals surface area contributed by atoms with Gasteiger partial charge in [0.1, 0.15) is 13.2 Å². The van der Waals surface area contributed by atoms with Gasteiger partial charge in [-0.3, -0.25) is 4.79 Å². The quantitative estimate of drug-likeness (QED) is 0.703. The van der Waals surface area contributed by atoms with E-state index in [9.17, 15) is 18.0 Å². The van der Waals surface area contributed by atoms with Crippen LogP contribution in [-0.4, -0.2) is 43.6 Å². The molecule has 0 atom stereocenters. The molecule has 0 radical (unpaired) electrons. The molecule has 0 rings (SSSR count). The van der Waals surface area contributed by atoms with Gasteiger partial charge in [-0.2, -0.15) is 13.2 Å². The molecule has 0 saturated heterocycles. The van der Waals surface area contributed by atoms with Gasteiger partial charge in [0.05, 0.1) is 0 Å². The van der Waals surface area contributed by atoms with Gasteiger partial charge in [0.2, 0.25) is 5.91 Å². The molecule has 0 aliphatic heterocycles. The van der Waals surface area contributed by atoms with Crippen molar-refractivity contribution in [3.8, 4) is 0 Å². The molecule has 4 nitrogen and oxygen atoms in total. The highest BCUT2D eigenvalue weighted by molar-refractivity contribution is 5.77. The number of hydrogen-bond donors (Lipinski definition) is 2. The Labute approximate surface area is 105 Å². The lowest BCUT2D eigenvalue weighted by molar-refractivity contribution is -0.175. The van der Waals surface area contributed by atoms with E-state index in [-0.39, 0.29) is 12.0 Å². The molecule has 0 saturated carbocycles. The molecule has 0 aromatic rings. The molecule has 2 N–H and O–H groups in total. The maximum absolute atomic E-state index is 11.7. The molecule has 7 heteroatoms. The molecular formula is C11H20F3NO3. The van der Waals surface area contributed by atoms with Crippen LogP contribution in [0, 0.1) is 5.41 Å². The molecule has 0 heterocycles. The van der Waals surface area contributed by atoms with Crippen LogP contribution in [0.15, 0.2) is 0 Å². The molecule has 0 fully saturated rings. The van der Waals surface area contributed by atoms with Crippen molar-refractivity contribution in [1.82, 2.24) is 5.32 Å². The fourth-order valence-corrected chi connectivity index (χ4v) is 1.29. The number of ether oxygens (including phenoxy) is 1. The van der Waals surface area contributed by atoms with Crippen LogP contribution >= 0.6 is 0 Å². The molecular weight excluding hydrogens is 251 g/mol. The SMILES string of the molecule is CC(C)(CCCO)CNC(=O)COCC(F)(F)F. The van der Waals surface area contributed by atoms with Gasteiger partial charge < -0.3 is 15.2 Å². The van der Waals surface area contributed by atoms with Crippen LogP contribution in [0.1, 0.15) is 26.7 Å². The number of carbonyl (C=O) groups is 1. The summed E-state index contributed by atoms with van der Waals surface area (Å²) < 4.78 is 39.4.